The van der Waals surface area contributed by atoms with Crippen molar-refractivity contribution >= 4 is 17.5 Å². The Morgan fingerprint density at radius 2 is 1.94 bits per heavy atom. The lowest BCUT2D eigenvalue weighted by atomic mass is 10.1. The Bertz CT molecular complexity index is 1050. The van der Waals surface area contributed by atoms with Crippen molar-refractivity contribution in [3.8, 4) is 22.7 Å². The van der Waals surface area contributed by atoms with E-state index in [0.717, 1.165) is 56.3 Å². The van der Waals surface area contributed by atoms with Crippen LogP contribution in [-0.4, -0.2) is 67.1 Å². The molecule has 0 spiro atoms. The number of rotatable bonds is 8. The number of halogens is 1. The first kappa shape index (κ1) is 22.3. The fourth-order valence-corrected chi connectivity index (χ4v) is 3.85. The van der Waals surface area contributed by atoms with Crippen LogP contribution in [0.3, 0.4) is 0 Å². The summed E-state index contributed by atoms with van der Waals surface area (Å²) >= 11 is 6.19. The number of carbonyl (C=O) groups is 1. The van der Waals surface area contributed by atoms with Crippen molar-refractivity contribution in [1.29, 1.82) is 0 Å². The van der Waals surface area contributed by atoms with E-state index < -0.39 is 0 Å². The molecule has 8 heteroatoms. The molecule has 7 nitrogen and oxygen atoms in total. The lowest BCUT2D eigenvalue weighted by molar-refractivity contribution is 0.0374. The second-order valence-corrected chi connectivity index (χ2v) is 8.03. The topological polar surface area (TPSA) is 68.6 Å². The molecule has 4 rings (SSSR count). The van der Waals surface area contributed by atoms with Crippen molar-refractivity contribution in [1.82, 2.24) is 20.0 Å². The number of hydrogen-bond acceptors (Lipinski definition) is 5. The molecule has 1 amide bonds. The van der Waals surface area contributed by atoms with Gasteiger partial charge in [-0.25, -0.2) is 4.68 Å². The normalized spacial score (nSPS) is 14.3. The first-order chi connectivity index (χ1) is 15.6. The van der Waals surface area contributed by atoms with Gasteiger partial charge in [-0.05, 0) is 61.5 Å². The Morgan fingerprint density at radius 3 is 2.66 bits per heavy atom. The second-order valence-electron chi connectivity index (χ2n) is 7.60. The van der Waals surface area contributed by atoms with E-state index in [1.165, 1.54) is 0 Å². The molecule has 0 unspecified atom stereocenters. The quantitative estimate of drug-likeness (QED) is 0.526. The van der Waals surface area contributed by atoms with E-state index in [1.54, 1.807) is 30.0 Å². The summed E-state index contributed by atoms with van der Waals surface area (Å²) in [5.74, 6) is 0.598. The van der Waals surface area contributed by atoms with E-state index in [1.807, 2.05) is 36.4 Å². The smallest absolute Gasteiger partial charge is 0.270 e. The number of ether oxygens (including phenoxy) is 2. The maximum atomic E-state index is 13.1. The van der Waals surface area contributed by atoms with E-state index >= 15 is 0 Å². The first-order valence-electron chi connectivity index (χ1n) is 10.7. The molecule has 0 aliphatic carbocycles. The van der Waals surface area contributed by atoms with Gasteiger partial charge in [-0.15, -0.1) is 0 Å². The minimum atomic E-state index is -0.167. The van der Waals surface area contributed by atoms with Crippen molar-refractivity contribution in [2.24, 2.45) is 0 Å². The number of nitrogens with one attached hydrogen (secondary N) is 1. The number of carbonyl (C=O) groups excluding carboxylic acids is 1. The fraction of sp³-hybridized carbons (Fsp3) is 0.333. The van der Waals surface area contributed by atoms with Gasteiger partial charge < -0.3 is 14.8 Å². The van der Waals surface area contributed by atoms with Crippen molar-refractivity contribution in [3.63, 3.8) is 0 Å². The van der Waals surface area contributed by atoms with E-state index in [9.17, 15) is 4.79 Å². The molecule has 2 aromatic carbocycles. The minimum Gasteiger partial charge on any atom is -0.497 e. The zero-order chi connectivity index (χ0) is 22.3. The molecule has 2 heterocycles. The average molecular weight is 455 g/mol. The summed E-state index contributed by atoms with van der Waals surface area (Å²) in [6.45, 7) is 4.98. The maximum absolute atomic E-state index is 13.1. The van der Waals surface area contributed by atoms with Gasteiger partial charge in [0.2, 0.25) is 0 Å². The Morgan fingerprint density at radius 1 is 1.16 bits per heavy atom. The third-order valence-electron chi connectivity index (χ3n) is 5.42. The molecular formula is C24H27ClN4O3. The Balaban J connectivity index is 1.51. The van der Waals surface area contributed by atoms with Gasteiger partial charge in [0.05, 0.1) is 31.7 Å². The lowest BCUT2D eigenvalue weighted by Crippen LogP contribution is -2.38. The Hall–Kier alpha value is -2.87. The van der Waals surface area contributed by atoms with Crippen LogP contribution in [0.4, 0.5) is 0 Å². The van der Waals surface area contributed by atoms with Gasteiger partial charge >= 0.3 is 0 Å². The zero-order valence-electron chi connectivity index (χ0n) is 18.1. The SMILES string of the molecule is COc1ccc(-c2cc(C(=O)NCCCN3CCOCC3)n(-c3cccc(Cl)c3)n2)cc1. The van der Waals surface area contributed by atoms with Crippen LogP contribution in [-0.2, 0) is 4.74 Å². The van der Waals surface area contributed by atoms with Crippen LogP contribution in [0, 0.1) is 0 Å². The number of nitrogens with zero attached hydrogens (tertiary/aromatic N) is 3. The monoisotopic (exact) mass is 454 g/mol. The predicted octanol–water partition coefficient (Wildman–Crippen LogP) is 3.65. The number of morpholine rings is 1. The van der Waals surface area contributed by atoms with Gasteiger partial charge in [0, 0.05) is 30.2 Å². The van der Waals surface area contributed by atoms with Gasteiger partial charge in [0.25, 0.3) is 5.91 Å². The molecule has 1 aliphatic heterocycles. The third-order valence-corrected chi connectivity index (χ3v) is 5.66. The van der Waals surface area contributed by atoms with E-state index in [0.29, 0.717) is 23.0 Å². The van der Waals surface area contributed by atoms with Gasteiger partial charge in [-0.2, -0.15) is 5.10 Å². The summed E-state index contributed by atoms with van der Waals surface area (Å²) in [5, 5.41) is 8.32. The molecule has 3 aromatic rings. The number of hydrogen-bond donors (Lipinski definition) is 1. The first-order valence-corrected chi connectivity index (χ1v) is 11.1. The van der Waals surface area contributed by atoms with Crippen LogP contribution in [0.25, 0.3) is 16.9 Å². The summed E-state index contributed by atoms with van der Waals surface area (Å²) in [6.07, 6.45) is 0.877. The molecule has 1 fully saturated rings. The van der Waals surface area contributed by atoms with Crippen LogP contribution in [0.1, 0.15) is 16.9 Å². The molecule has 1 N–H and O–H groups in total. The van der Waals surface area contributed by atoms with Gasteiger partial charge in [-0.3, -0.25) is 9.69 Å². The summed E-state index contributed by atoms with van der Waals surface area (Å²) < 4.78 is 12.3. The van der Waals surface area contributed by atoms with Crippen molar-refractivity contribution in [2.45, 2.75) is 6.42 Å². The number of benzene rings is 2. The highest BCUT2D eigenvalue weighted by Crippen LogP contribution is 2.25. The molecule has 0 bridgehead atoms. The largest absolute Gasteiger partial charge is 0.497 e. The standard InChI is InChI=1S/C24H27ClN4O3/c1-31-21-8-6-18(7-9-21)22-17-23(29(27-22)20-5-2-4-19(25)16-20)24(30)26-10-3-11-28-12-14-32-15-13-28/h2,4-9,16-17H,3,10-15H2,1H3,(H,26,30). The summed E-state index contributed by atoms with van der Waals surface area (Å²) in [6, 6.07) is 16.7. The van der Waals surface area contributed by atoms with E-state index in [4.69, 9.17) is 26.2 Å². The fourth-order valence-electron chi connectivity index (χ4n) is 3.67. The minimum absolute atomic E-state index is 0.167. The predicted molar refractivity (Wildman–Crippen MR) is 125 cm³/mol. The molecule has 0 atom stereocenters. The number of methoxy groups -OCH3 is 1. The zero-order valence-corrected chi connectivity index (χ0v) is 18.8. The molecule has 0 saturated carbocycles. The Kier molecular flexibility index (Phi) is 7.42. The molecule has 1 saturated heterocycles. The van der Waals surface area contributed by atoms with Crippen molar-refractivity contribution in [3.05, 3.63) is 65.3 Å². The highest BCUT2D eigenvalue weighted by molar-refractivity contribution is 6.30. The van der Waals surface area contributed by atoms with Crippen molar-refractivity contribution < 1.29 is 14.3 Å². The molecule has 1 aromatic heterocycles. The molecule has 32 heavy (non-hydrogen) atoms. The van der Waals surface area contributed by atoms with E-state index in [2.05, 4.69) is 10.2 Å². The van der Waals surface area contributed by atoms with Gasteiger partial charge in [0.15, 0.2) is 0 Å². The summed E-state index contributed by atoms with van der Waals surface area (Å²) in [5.41, 5.74) is 2.79. The molecule has 168 valence electrons. The lowest BCUT2D eigenvalue weighted by Gasteiger charge is -2.26. The number of amides is 1. The van der Waals surface area contributed by atoms with Crippen LogP contribution < -0.4 is 10.1 Å². The molecule has 1 aliphatic rings. The van der Waals surface area contributed by atoms with Gasteiger partial charge in [0.1, 0.15) is 11.4 Å². The van der Waals surface area contributed by atoms with Crippen LogP contribution in [0.5, 0.6) is 5.75 Å². The van der Waals surface area contributed by atoms with Gasteiger partial charge in [-0.1, -0.05) is 17.7 Å². The highest BCUT2D eigenvalue weighted by atomic mass is 35.5. The van der Waals surface area contributed by atoms with E-state index in [-0.39, 0.29) is 5.91 Å². The van der Waals surface area contributed by atoms with Crippen LogP contribution >= 0.6 is 11.6 Å². The maximum Gasteiger partial charge on any atom is 0.270 e. The molecule has 0 radical (unpaired) electrons. The Labute approximate surface area is 192 Å². The highest BCUT2D eigenvalue weighted by Gasteiger charge is 2.18. The summed E-state index contributed by atoms with van der Waals surface area (Å²) in [7, 11) is 1.63. The third kappa shape index (κ3) is 5.48. The van der Waals surface area contributed by atoms with Crippen LogP contribution in [0.2, 0.25) is 5.02 Å². The van der Waals surface area contributed by atoms with Crippen molar-refractivity contribution in [2.75, 3.05) is 46.5 Å². The van der Waals surface area contributed by atoms with Crippen LogP contribution in [0.15, 0.2) is 54.6 Å². The molecular weight excluding hydrogens is 428 g/mol. The average Bonchev–Trinajstić information content (AvgIpc) is 3.28. The second kappa shape index (κ2) is 10.6. The summed E-state index contributed by atoms with van der Waals surface area (Å²) in [4.78, 5) is 15.4. The number of aromatic nitrogens is 2.